The van der Waals surface area contributed by atoms with E-state index >= 15 is 0 Å². The lowest BCUT2D eigenvalue weighted by atomic mass is 9.83. The second-order valence-electron chi connectivity index (χ2n) is 9.81. The molecule has 2 fully saturated rings. The minimum absolute atomic E-state index is 0.268. The predicted molar refractivity (Wildman–Crippen MR) is 128 cm³/mol. The highest BCUT2D eigenvalue weighted by Crippen LogP contribution is 2.49. The van der Waals surface area contributed by atoms with Crippen molar-refractivity contribution in [1.29, 1.82) is 0 Å². The van der Waals surface area contributed by atoms with Gasteiger partial charge in [-0.1, -0.05) is 13.8 Å². The molecule has 1 saturated carbocycles. The van der Waals surface area contributed by atoms with Crippen LogP contribution in [-0.2, 0) is 61.9 Å². The lowest BCUT2D eigenvalue weighted by molar-refractivity contribution is -0.342. The van der Waals surface area contributed by atoms with E-state index < -0.39 is 84.8 Å². The summed E-state index contributed by atoms with van der Waals surface area (Å²) in [5, 5.41) is 0. The lowest BCUT2D eigenvalue weighted by Gasteiger charge is -2.46. The highest BCUT2D eigenvalue weighted by atomic mass is 16.8. The molecule has 2 aliphatic heterocycles. The number of methoxy groups -OCH3 is 1. The van der Waals surface area contributed by atoms with Crippen molar-refractivity contribution in [3.63, 3.8) is 0 Å². The summed E-state index contributed by atoms with van der Waals surface area (Å²) >= 11 is 0. The van der Waals surface area contributed by atoms with Crippen LogP contribution >= 0.6 is 0 Å². The zero-order valence-corrected chi connectivity index (χ0v) is 23.1. The van der Waals surface area contributed by atoms with Crippen LogP contribution in [0.4, 0.5) is 0 Å². The van der Waals surface area contributed by atoms with Crippen LogP contribution in [-0.4, -0.2) is 80.1 Å². The SMILES string of the molecule is CCC1O[C@@H](OC2OC=C(C(=O)OC)C3CC(OC(C)=O)C(C)C23)C(OC(C)=O)[C@@H](OC(C)=O)[C@@H]1OC(C)=O. The van der Waals surface area contributed by atoms with Gasteiger partial charge in [0.1, 0.15) is 12.2 Å². The van der Waals surface area contributed by atoms with E-state index in [1.54, 1.807) is 6.92 Å². The molecule has 1 aliphatic carbocycles. The molecule has 0 aromatic carbocycles. The van der Waals surface area contributed by atoms with Gasteiger partial charge < -0.3 is 37.9 Å². The van der Waals surface area contributed by atoms with Crippen LogP contribution < -0.4 is 0 Å². The molecule has 3 aliphatic rings. The topological polar surface area (TPSA) is 159 Å². The third-order valence-corrected chi connectivity index (χ3v) is 7.09. The Morgan fingerprint density at radius 2 is 1.41 bits per heavy atom. The Labute approximate surface area is 226 Å². The highest BCUT2D eigenvalue weighted by Gasteiger charge is 2.56. The Hall–Kier alpha value is -3.19. The molecule has 0 bridgehead atoms. The maximum absolute atomic E-state index is 12.5. The number of fused-ring (bicyclic) bond motifs is 1. The maximum atomic E-state index is 12.5. The van der Waals surface area contributed by atoms with Crippen molar-refractivity contribution in [2.75, 3.05) is 7.11 Å². The molecule has 13 nitrogen and oxygen atoms in total. The van der Waals surface area contributed by atoms with E-state index in [0.717, 1.165) is 6.92 Å². The van der Waals surface area contributed by atoms with Gasteiger partial charge in [0.25, 0.3) is 0 Å². The van der Waals surface area contributed by atoms with Crippen LogP contribution in [0.15, 0.2) is 11.8 Å². The van der Waals surface area contributed by atoms with Crippen molar-refractivity contribution in [2.45, 2.75) is 97.5 Å². The maximum Gasteiger partial charge on any atom is 0.337 e. The first-order chi connectivity index (χ1) is 18.4. The highest BCUT2D eigenvalue weighted by molar-refractivity contribution is 5.89. The molecule has 0 aromatic rings. The van der Waals surface area contributed by atoms with Gasteiger partial charge in [0.2, 0.25) is 12.6 Å². The number of carbonyl (C=O) groups is 5. The molecule has 1 saturated heterocycles. The fourth-order valence-electron chi connectivity index (χ4n) is 5.56. The van der Waals surface area contributed by atoms with E-state index in [1.165, 1.54) is 34.1 Å². The molecule has 3 rings (SSSR count). The molecule has 2 heterocycles. The first-order valence-electron chi connectivity index (χ1n) is 12.8. The zero-order chi connectivity index (χ0) is 29.0. The molecule has 0 radical (unpaired) electrons. The van der Waals surface area contributed by atoms with E-state index in [4.69, 9.17) is 37.9 Å². The Kier molecular flexibility index (Phi) is 9.94. The average Bonchev–Trinajstić information content (AvgIpc) is 3.16. The van der Waals surface area contributed by atoms with E-state index in [-0.39, 0.29) is 11.5 Å². The number of rotatable bonds is 8. The third-order valence-electron chi connectivity index (χ3n) is 7.09. The van der Waals surface area contributed by atoms with Crippen molar-refractivity contribution in [3.8, 4) is 0 Å². The number of hydrogen-bond donors (Lipinski definition) is 0. The summed E-state index contributed by atoms with van der Waals surface area (Å²) in [6, 6.07) is 0. The van der Waals surface area contributed by atoms with Crippen LogP contribution in [0.25, 0.3) is 0 Å². The van der Waals surface area contributed by atoms with Gasteiger partial charge in [-0.15, -0.1) is 0 Å². The summed E-state index contributed by atoms with van der Waals surface area (Å²) in [6.45, 7) is 8.45. The smallest absolute Gasteiger partial charge is 0.337 e. The molecule has 13 heteroatoms. The quantitative estimate of drug-likeness (QED) is 0.313. The first-order valence-corrected chi connectivity index (χ1v) is 12.8. The van der Waals surface area contributed by atoms with Gasteiger partial charge in [0.05, 0.1) is 18.9 Å². The van der Waals surface area contributed by atoms with Crippen molar-refractivity contribution >= 4 is 29.8 Å². The van der Waals surface area contributed by atoms with E-state index in [0.29, 0.717) is 12.8 Å². The van der Waals surface area contributed by atoms with Gasteiger partial charge in [-0.2, -0.15) is 0 Å². The summed E-state index contributed by atoms with van der Waals surface area (Å²) in [5.74, 6) is -4.35. The summed E-state index contributed by atoms with van der Waals surface area (Å²) in [7, 11) is 1.25. The van der Waals surface area contributed by atoms with Crippen molar-refractivity contribution in [2.24, 2.45) is 17.8 Å². The summed E-state index contributed by atoms with van der Waals surface area (Å²) in [4.78, 5) is 60.1. The Morgan fingerprint density at radius 3 is 1.95 bits per heavy atom. The molecular weight excluding hydrogens is 520 g/mol. The molecule has 218 valence electrons. The van der Waals surface area contributed by atoms with Gasteiger partial charge >= 0.3 is 29.8 Å². The molecule has 10 atom stereocenters. The van der Waals surface area contributed by atoms with Crippen LogP contribution in [0.5, 0.6) is 0 Å². The Bertz CT molecular complexity index is 990. The molecule has 0 amide bonds. The second kappa shape index (κ2) is 12.8. The van der Waals surface area contributed by atoms with Gasteiger partial charge in [-0.3, -0.25) is 19.2 Å². The van der Waals surface area contributed by atoms with Gasteiger partial charge in [-0.25, -0.2) is 4.79 Å². The van der Waals surface area contributed by atoms with E-state index in [1.807, 2.05) is 6.92 Å². The molecular formula is C26H36O13. The number of esters is 5. The van der Waals surface area contributed by atoms with Gasteiger partial charge in [0, 0.05) is 45.4 Å². The molecule has 39 heavy (non-hydrogen) atoms. The molecule has 7 unspecified atom stereocenters. The molecule has 0 aromatic heterocycles. The fourth-order valence-corrected chi connectivity index (χ4v) is 5.56. The minimum Gasteiger partial charge on any atom is -0.472 e. The zero-order valence-electron chi connectivity index (χ0n) is 23.1. The van der Waals surface area contributed by atoms with E-state index in [2.05, 4.69) is 0 Å². The van der Waals surface area contributed by atoms with Crippen molar-refractivity contribution in [1.82, 2.24) is 0 Å². The Morgan fingerprint density at radius 1 is 0.846 bits per heavy atom. The van der Waals surface area contributed by atoms with Crippen LogP contribution in [0, 0.1) is 17.8 Å². The van der Waals surface area contributed by atoms with Crippen LogP contribution in [0.2, 0.25) is 0 Å². The summed E-state index contributed by atoms with van der Waals surface area (Å²) in [6.07, 6.45) is -5.41. The summed E-state index contributed by atoms with van der Waals surface area (Å²) < 4.78 is 45.0. The van der Waals surface area contributed by atoms with Crippen LogP contribution in [0.1, 0.15) is 54.4 Å². The van der Waals surface area contributed by atoms with Gasteiger partial charge in [-0.05, 0) is 12.8 Å². The number of hydrogen-bond acceptors (Lipinski definition) is 13. The predicted octanol–water partition coefficient (Wildman–Crippen LogP) is 1.55. The number of carbonyl (C=O) groups excluding carboxylic acids is 5. The number of ether oxygens (including phenoxy) is 8. The monoisotopic (exact) mass is 556 g/mol. The minimum atomic E-state index is -1.33. The molecule has 0 spiro atoms. The van der Waals surface area contributed by atoms with Crippen LogP contribution in [0.3, 0.4) is 0 Å². The fraction of sp³-hybridized carbons (Fsp3) is 0.731. The first kappa shape index (κ1) is 30.4. The van der Waals surface area contributed by atoms with Gasteiger partial charge in [0.15, 0.2) is 18.3 Å². The summed E-state index contributed by atoms with van der Waals surface area (Å²) in [5.41, 5.74) is 0.268. The lowest BCUT2D eigenvalue weighted by Crippen LogP contribution is -2.62. The normalized spacial score (nSPS) is 35.4. The second-order valence-corrected chi connectivity index (χ2v) is 9.81. The van der Waals surface area contributed by atoms with Crippen molar-refractivity contribution in [3.05, 3.63) is 11.8 Å². The third kappa shape index (κ3) is 6.88. The Balaban J connectivity index is 1.97. The average molecular weight is 557 g/mol. The largest absolute Gasteiger partial charge is 0.472 e. The molecule has 0 N–H and O–H groups in total. The van der Waals surface area contributed by atoms with Crippen molar-refractivity contribution < 1.29 is 61.9 Å². The standard InChI is InChI=1S/C26H36O13/c1-8-18-21(35-13(4)28)22(36-14(5)29)23(37-15(6)30)26(38-18)39-25-20-11(2)19(34-12(3)27)9-16(20)17(10-33-25)24(31)32-7/h10-11,16,18-23,25-26H,8-9H2,1-7H3/t11?,16?,18?,19?,20?,21-,22+,23?,25?,26+/m1/s1. The van der Waals surface area contributed by atoms with E-state index in [9.17, 15) is 24.0 Å².